The van der Waals surface area contributed by atoms with E-state index in [1.165, 1.54) is 0 Å². The van der Waals surface area contributed by atoms with Crippen molar-refractivity contribution < 1.29 is 52.7 Å². The van der Waals surface area contributed by atoms with Crippen LogP contribution in [0.2, 0.25) is 15.1 Å². The van der Waals surface area contributed by atoms with Crippen molar-refractivity contribution in [3.8, 4) is 0 Å². The Bertz CT molecular complexity index is 1130. The fourth-order valence-electron chi connectivity index (χ4n) is 3.06. The summed E-state index contributed by atoms with van der Waals surface area (Å²) in [5.74, 6) is -31.1. The molecule has 16 heteroatoms. The van der Waals surface area contributed by atoms with E-state index < -0.39 is 108 Å². The molecule has 3 aromatic rings. The molecule has 0 fully saturated rings. The molecule has 3 aromatic carbocycles. The fraction of sp³-hybridized carbons (Fsp3) is 0. The van der Waals surface area contributed by atoms with Gasteiger partial charge in [-0.3, -0.25) is 0 Å². The van der Waals surface area contributed by atoms with Gasteiger partial charge in [0.2, 0.25) is 0 Å². The van der Waals surface area contributed by atoms with E-state index >= 15 is 0 Å². The molecule has 180 valence electrons. The topological polar surface area (TPSA) is 0 Å². The third-order valence-electron chi connectivity index (χ3n) is 4.60. The maximum atomic E-state index is 14.6. The van der Waals surface area contributed by atoms with E-state index in [2.05, 4.69) is 0 Å². The maximum Gasteiger partial charge on any atom is 0.265 e. The Hall–Kier alpha value is -2.25. The standard InChI is InChI=1S/C18BCl3F12/c20-4-13(29)7(23)1(8(24)14(4)30)19(2-9(25)15(31)5(21)16(32)10(2)26)3-11(27)17(33)6(22)18(34)12(3)28. The number of halogens is 15. The minimum absolute atomic E-state index is 1.89. The summed E-state index contributed by atoms with van der Waals surface area (Å²) in [7, 11) is 0. The van der Waals surface area contributed by atoms with Crippen LogP contribution in [0.15, 0.2) is 0 Å². The second kappa shape index (κ2) is 9.08. The Labute approximate surface area is 195 Å². The molecule has 0 bridgehead atoms. The van der Waals surface area contributed by atoms with Crippen LogP contribution in [0.5, 0.6) is 0 Å². The summed E-state index contributed by atoms with van der Waals surface area (Å²) in [6.45, 7) is -3.64. The lowest BCUT2D eigenvalue weighted by molar-refractivity contribution is 0.457. The molecule has 0 atom stereocenters. The first kappa shape index (κ1) is 26.4. The van der Waals surface area contributed by atoms with Gasteiger partial charge in [-0.25, -0.2) is 52.7 Å². The largest absolute Gasteiger partial charge is 0.265 e. The summed E-state index contributed by atoms with van der Waals surface area (Å²) in [5.41, 5.74) is -7.09. The third-order valence-corrected chi connectivity index (χ3v) is 5.59. The van der Waals surface area contributed by atoms with Crippen molar-refractivity contribution >= 4 is 57.9 Å². The Morgan fingerprint density at radius 2 is 0.441 bits per heavy atom. The van der Waals surface area contributed by atoms with E-state index in [1.54, 1.807) is 0 Å². The number of hydrogen-bond donors (Lipinski definition) is 0. The highest BCUT2D eigenvalue weighted by atomic mass is 35.5. The molecule has 0 aliphatic carbocycles. The molecule has 0 unspecified atom stereocenters. The van der Waals surface area contributed by atoms with Crippen LogP contribution in [-0.2, 0) is 0 Å². The van der Waals surface area contributed by atoms with Crippen molar-refractivity contribution in [2.45, 2.75) is 0 Å². The summed E-state index contributed by atoms with van der Waals surface area (Å²) in [6, 6.07) is 0. The average molecular weight is 561 g/mol. The van der Waals surface area contributed by atoms with Gasteiger partial charge >= 0.3 is 0 Å². The van der Waals surface area contributed by atoms with Gasteiger partial charge in [-0.2, -0.15) is 0 Å². The van der Waals surface area contributed by atoms with E-state index in [4.69, 9.17) is 34.8 Å². The number of rotatable bonds is 3. The van der Waals surface area contributed by atoms with Crippen molar-refractivity contribution in [2.75, 3.05) is 0 Å². The van der Waals surface area contributed by atoms with E-state index in [0.29, 0.717) is 0 Å². The predicted octanol–water partition coefficient (Wildman–Crippen LogP) is 5.83. The summed E-state index contributed by atoms with van der Waals surface area (Å²) in [6.07, 6.45) is 0. The molecule has 0 saturated heterocycles. The molecule has 0 amide bonds. The zero-order valence-electron chi connectivity index (χ0n) is 15.2. The van der Waals surface area contributed by atoms with Gasteiger partial charge in [0.05, 0.1) is 0 Å². The van der Waals surface area contributed by atoms with Crippen LogP contribution < -0.4 is 16.4 Å². The molecular formula is C18BCl3F12. The van der Waals surface area contributed by atoms with Crippen LogP contribution in [0.4, 0.5) is 52.7 Å². The molecule has 0 aliphatic rings. The summed E-state index contributed by atoms with van der Waals surface area (Å²) < 4.78 is 172. The predicted molar refractivity (Wildman–Crippen MR) is 98.5 cm³/mol. The monoisotopic (exact) mass is 560 g/mol. The summed E-state index contributed by atoms with van der Waals surface area (Å²) >= 11 is 15.1. The normalized spacial score (nSPS) is 11.4. The Balaban J connectivity index is 2.68. The van der Waals surface area contributed by atoms with E-state index in [9.17, 15) is 52.7 Å². The molecule has 0 saturated carbocycles. The van der Waals surface area contributed by atoms with Gasteiger partial charge in [-0.1, -0.05) is 34.8 Å². The second-order valence-corrected chi connectivity index (χ2v) is 7.52. The minimum atomic E-state index is -3.64. The molecule has 34 heavy (non-hydrogen) atoms. The zero-order valence-corrected chi connectivity index (χ0v) is 17.5. The molecule has 3 rings (SSSR count). The van der Waals surface area contributed by atoms with Crippen LogP contribution in [0.3, 0.4) is 0 Å². The first-order chi connectivity index (χ1) is 15.7. The summed E-state index contributed by atoms with van der Waals surface area (Å²) in [5, 5.41) is -5.66. The van der Waals surface area contributed by atoms with Crippen LogP contribution in [0.25, 0.3) is 0 Å². The van der Waals surface area contributed by atoms with Crippen LogP contribution >= 0.6 is 34.8 Å². The highest BCUT2D eigenvalue weighted by molar-refractivity contribution is 6.95. The fourth-order valence-corrected chi connectivity index (χ4v) is 3.56. The van der Waals surface area contributed by atoms with Crippen LogP contribution in [0.1, 0.15) is 0 Å². The van der Waals surface area contributed by atoms with E-state index in [-0.39, 0.29) is 0 Å². The molecule has 0 radical (unpaired) electrons. The second-order valence-electron chi connectivity index (χ2n) is 6.38. The zero-order chi connectivity index (χ0) is 26.0. The highest BCUT2D eigenvalue weighted by Gasteiger charge is 2.44. The lowest BCUT2D eigenvalue weighted by Gasteiger charge is -2.21. The van der Waals surface area contributed by atoms with Gasteiger partial charge in [0.1, 0.15) is 15.1 Å². The molecular weight excluding hydrogens is 561 g/mol. The first-order valence-electron chi connectivity index (χ1n) is 8.20. The smallest absolute Gasteiger partial charge is 0.204 e. The van der Waals surface area contributed by atoms with Crippen molar-refractivity contribution in [3.05, 3.63) is 84.9 Å². The van der Waals surface area contributed by atoms with Crippen LogP contribution in [-0.4, -0.2) is 6.71 Å². The van der Waals surface area contributed by atoms with Crippen molar-refractivity contribution in [1.29, 1.82) is 0 Å². The van der Waals surface area contributed by atoms with E-state index in [1.807, 2.05) is 0 Å². The SMILES string of the molecule is Fc1c(F)c(B(c2c(F)c(F)c(Cl)c(F)c2F)c2c(F)c(F)c(Cl)c(F)c2F)c(F)c(F)c1Cl. The van der Waals surface area contributed by atoms with E-state index in [0.717, 1.165) is 0 Å². The lowest BCUT2D eigenvalue weighted by Crippen LogP contribution is -2.60. The molecule has 0 aromatic heterocycles. The minimum Gasteiger partial charge on any atom is -0.204 e. The Morgan fingerprint density at radius 1 is 0.294 bits per heavy atom. The lowest BCUT2D eigenvalue weighted by atomic mass is 9.36. The first-order valence-corrected chi connectivity index (χ1v) is 9.33. The van der Waals surface area contributed by atoms with Gasteiger partial charge in [0.25, 0.3) is 6.71 Å². The van der Waals surface area contributed by atoms with Gasteiger partial charge in [0.15, 0.2) is 69.8 Å². The van der Waals surface area contributed by atoms with Crippen molar-refractivity contribution in [2.24, 2.45) is 0 Å². The Kier molecular flexibility index (Phi) is 7.04. The van der Waals surface area contributed by atoms with Gasteiger partial charge in [0, 0.05) is 16.4 Å². The van der Waals surface area contributed by atoms with Gasteiger partial charge < -0.3 is 0 Å². The molecule has 0 spiro atoms. The molecule has 0 nitrogen and oxygen atoms in total. The van der Waals surface area contributed by atoms with Gasteiger partial charge in [-0.05, 0) is 0 Å². The quantitative estimate of drug-likeness (QED) is 0.164. The van der Waals surface area contributed by atoms with Crippen LogP contribution in [0, 0.1) is 69.8 Å². The number of benzene rings is 3. The average Bonchev–Trinajstić information content (AvgIpc) is 2.81. The number of hydrogen-bond acceptors (Lipinski definition) is 0. The summed E-state index contributed by atoms with van der Waals surface area (Å²) in [4.78, 5) is 0. The van der Waals surface area contributed by atoms with Crippen molar-refractivity contribution in [3.63, 3.8) is 0 Å². The molecule has 0 N–H and O–H groups in total. The molecule has 0 heterocycles. The molecule has 0 aliphatic heterocycles. The Morgan fingerprint density at radius 3 is 0.588 bits per heavy atom. The maximum absolute atomic E-state index is 14.6. The third kappa shape index (κ3) is 3.68. The van der Waals surface area contributed by atoms with Crippen molar-refractivity contribution in [1.82, 2.24) is 0 Å². The van der Waals surface area contributed by atoms with Gasteiger partial charge in [-0.15, -0.1) is 0 Å². The highest BCUT2D eigenvalue weighted by Crippen LogP contribution is 2.28.